The zero-order valence-electron chi connectivity index (χ0n) is 18.7. The third-order valence-electron chi connectivity index (χ3n) is 5.78. The summed E-state index contributed by atoms with van der Waals surface area (Å²) in [7, 11) is 1.61. The van der Waals surface area contributed by atoms with E-state index in [0.717, 1.165) is 18.5 Å². The van der Waals surface area contributed by atoms with Crippen LogP contribution in [-0.4, -0.2) is 55.7 Å². The molecule has 0 bridgehead atoms. The lowest BCUT2D eigenvalue weighted by Crippen LogP contribution is -2.39. The van der Waals surface area contributed by atoms with Crippen molar-refractivity contribution >= 4 is 5.91 Å². The van der Waals surface area contributed by atoms with Crippen molar-refractivity contribution in [2.45, 2.75) is 18.8 Å². The molecule has 1 aliphatic heterocycles. The predicted molar refractivity (Wildman–Crippen MR) is 124 cm³/mol. The monoisotopic (exact) mass is 456 g/mol. The van der Waals surface area contributed by atoms with E-state index in [1.165, 1.54) is 0 Å². The van der Waals surface area contributed by atoms with Crippen LogP contribution >= 0.6 is 0 Å². The minimum absolute atomic E-state index is 0.0170. The molecule has 0 N–H and O–H groups in total. The van der Waals surface area contributed by atoms with E-state index in [2.05, 4.69) is 20.1 Å². The van der Waals surface area contributed by atoms with E-state index in [1.807, 2.05) is 35.4 Å². The lowest BCUT2D eigenvalue weighted by Gasteiger charge is -2.32. The first-order valence-corrected chi connectivity index (χ1v) is 11.1. The second kappa shape index (κ2) is 9.70. The van der Waals surface area contributed by atoms with Crippen LogP contribution in [0.25, 0.3) is 5.82 Å². The summed E-state index contributed by atoms with van der Waals surface area (Å²) in [5.41, 5.74) is 1.29. The number of methoxy groups -OCH3 is 1. The topological polar surface area (TPSA) is 95.3 Å². The number of hydrogen-bond acceptors (Lipinski definition) is 7. The largest absolute Gasteiger partial charge is 0.497 e. The maximum Gasteiger partial charge on any atom is 0.255 e. The SMILES string of the molecule is COc1cccc(Oc2nccnc2[C@@H]2CCCN(C(=O)c3ccc(-n4cccn4)nc3)C2)c1. The van der Waals surface area contributed by atoms with Crippen LogP contribution < -0.4 is 9.47 Å². The molecule has 172 valence electrons. The quantitative estimate of drug-likeness (QED) is 0.434. The van der Waals surface area contributed by atoms with Gasteiger partial charge in [0, 0.05) is 56.1 Å². The molecule has 0 saturated carbocycles. The van der Waals surface area contributed by atoms with Gasteiger partial charge in [-0.15, -0.1) is 0 Å². The number of piperidine rings is 1. The normalized spacial score (nSPS) is 15.7. The summed E-state index contributed by atoms with van der Waals surface area (Å²) in [5.74, 6) is 2.39. The molecule has 1 amide bonds. The number of likely N-dealkylation sites (tertiary alicyclic amines) is 1. The summed E-state index contributed by atoms with van der Waals surface area (Å²) >= 11 is 0. The molecule has 34 heavy (non-hydrogen) atoms. The maximum atomic E-state index is 13.2. The Morgan fingerprint density at radius 2 is 1.91 bits per heavy atom. The van der Waals surface area contributed by atoms with Gasteiger partial charge in [-0.1, -0.05) is 6.07 Å². The average molecular weight is 457 g/mol. The Morgan fingerprint density at radius 1 is 1.03 bits per heavy atom. The number of rotatable bonds is 6. The van der Waals surface area contributed by atoms with E-state index in [4.69, 9.17) is 9.47 Å². The van der Waals surface area contributed by atoms with Crippen molar-refractivity contribution in [1.82, 2.24) is 29.6 Å². The van der Waals surface area contributed by atoms with Gasteiger partial charge in [0.2, 0.25) is 5.88 Å². The standard InChI is InChI=1S/C25H24N6O3/c1-33-20-6-2-7-21(15-20)34-24-23(26-11-12-27-24)19-5-3-13-30(17-19)25(32)18-8-9-22(28-16-18)31-14-4-10-29-31/h2,4,6-12,14-16,19H,3,5,13,17H2,1H3/t19-/m1/s1. The number of amides is 1. The van der Waals surface area contributed by atoms with Crippen LogP contribution in [0.4, 0.5) is 0 Å². The fraction of sp³-hybridized carbons (Fsp3) is 0.240. The third kappa shape index (κ3) is 4.59. The molecule has 1 atom stereocenters. The molecule has 4 aromatic rings. The summed E-state index contributed by atoms with van der Waals surface area (Å²) in [6.07, 6.45) is 10.1. The zero-order chi connectivity index (χ0) is 23.3. The molecule has 0 unspecified atom stereocenters. The van der Waals surface area contributed by atoms with Gasteiger partial charge in [0.05, 0.1) is 12.7 Å². The highest BCUT2D eigenvalue weighted by Crippen LogP contribution is 2.33. The molecule has 1 aliphatic rings. The minimum atomic E-state index is -0.0524. The molecule has 1 aromatic carbocycles. The Morgan fingerprint density at radius 3 is 2.71 bits per heavy atom. The molecule has 9 nitrogen and oxygen atoms in total. The van der Waals surface area contributed by atoms with Gasteiger partial charge in [-0.3, -0.25) is 9.78 Å². The predicted octanol–water partition coefficient (Wildman–Crippen LogP) is 3.88. The Balaban J connectivity index is 1.32. The summed E-state index contributed by atoms with van der Waals surface area (Å²) in [6, 6.07) is 12.8. The molecule has 0 spiro atoms. The van der Waals surface area contributed by atoms with Crippen molar-refractivity contribution < 1.29 is 14.3 Å². The first-order chi connectivity index (χ1) is 16.7. The van der Waals surface area contributed by atoms with Crippen molar-refractivity contribution in [3.8, 4) is 23.2 Å². The van der Waals surface area contributed by atoms with E-state index in [9.17, 15) is 4.79 Å². The highest BCUT2D eigenvalue weighted by Gasteiger charge is 2.29. The molecule has 4 heterocycles. The number of carbonyl (C=O) groups is 1. The van der Waals surface area contributed by atoms with E-state index in [-0.39, 0.29) is 11.8 Å². The molecule has 9 heteroatoms. The summed E-state index contributed by atoms with van der Waals surface area (Å²) in [6.45, 7) is 1.22. The summed E-state index contributed by atoms with van der Waals surface area (Å²) in [5, 5.41) is 4.17. The summed E-state index contributed by atoms with van der Waals surface area (Å²) < 4.78 is 13.0. The average Bonchev–Trinajstić information content (AvgIpc) is 3.44. The molecular weight excluding hydrogens is 432 g/mol. The molecule has 3 aromatic heterocycles. The Labute approximate surface area is 197 Å². The molecule has 0 radical (unpaired) electrons. The fourth-order valence-corrected chi connectivity index (χ4v) is 4.09. The van der Waals surface area contributed by atoms with Crippen LogP contribution in [0, 0.1) is 0 Å². The second-order valence-corrected chi connectivity index (χ2v) is 7.97. The van der Waals surface area contributed by atoms with Gasteiger partial charge in [0.25, 0.3) is 5.91 Å². The van der Waals surface area contributed by atoms with E-state index < -0.39 is 0 Å². The van der Waals surface area contributed by atoms with Crippen LogP contribution in [0.15, 0.2) is 73.4 Å². The fourth-order valence-electron chi connectivity index (χ4n) is 4.09. The van der Waals surface area contributed by atoms with Crippen molar-refractivity contribution in [3.63, 3.8) is 0 Å². The van der Waals surface area contributed by atoms with E-state index in [1.54, 1.807) is 54.8 Å². The lowest BCUT2D eigenvalue weighted by molar-refractivity contribution is 0.0704. The van der Waals surface area contributed by atoms with Gasteiger partial charge in [-0.25, -0.2) is 14.6 Å². The van der Waals surface area contributed by atoms with Gasteiger partial charge in [-0.05, 0) is 43.2 Å². The highest BCUT2D eigenvalue weighted by molar-refractivity contribution is 5.94. The Kier molecular flexibility index (Phi) is 6.15. The number of benzene rings is 1. The molecule has 5 rings (SSSR count). The van der Waals surface area contributed by atoms with Crippen LogP contribution in [-0.2, 0) is 0 Å². The number of aromatic nitrogens is 5. The number of ether oxygens (including phenoxy) is 2. The van der Waals surface area contributed by atoms with Gasteiger partial charge < -0.3 is 14.4 Å². The van der Waals surface area contributed by atoms with Gasteiger partial charge in [0.1, 0.15) is 17.2 Å². The van der Waals surface area contributed by atoms with Crippen LogP contribution in [0.2, 0.25) is 0 Å². The first-order valence-electron chi connectivity index (χ1n) is 11.1. The number of nitrogens with zero attached hydrogens (tertiary/aromatic N) is 6. The van der Waals surface area contributed by atoms with Crippen LogP contribution in [0.5, 0.6) is 17.4 Å². The van der Waals surface area contributed by atoms with Crippen LogP contribution in [0.1, 0.15) is 34.8 Å². The van der Waals surface area contributed by atoms with Crippen molar-refractivity contribution in [1.29, 1.82) is 0 Å². The number of hydrogen-bond donors (Lipinski definition) is 0. The number of pyridine rings is 1. The van der Waals surface area contributed by atoms with E-state index >= 15 is 0 Å². The van der Waals surface area contributed by atoms with Gasteiger partial charge in [0.15, 0.2) is 5.82 Å². The molecule has 1 saturated heterocycles. The second-order valence-electron chi connectivity index (χ2n) is 7.97. The maximum absolute atomic E-state index is 13.2. The Bertz CT molecular complexity index is 1260. The number of carbonyl (C=O) groups excluding carboxylic acids is 1. The molecular formula is C25H24N6O3. The minimum Gasteiger partial charge on any atom is -0.497 e. The third-order valence-corrected chi connectivity index (χ3v) is 5.78. The van der Waals surface area contributed by atoms with Gasteiger partial charge in [-0.2, -0.15) is 5.10 Å². The first kappa shape index (κ1) is 21.6. The van der Waals surface area contributed by atoms with Gasteiger partial charge >= 0.3 is 0 Å². The lowest BCUT2D eigenvalue weighted by atomic mass is 9.94. The van der Waals surface area contributed by atoms with Crippen molar-refractivity contribution in [2.24, 2.45) is 0 Å². The summed E-state index contributed by atoms with van der Waals surface area (Å²) in [4.78, 5) is 28.4. The highest BCUT2D eigenvalue weighted by atomic mass is 16.5. The van der Waals surface area contributed by atoms with Crippen molar-refractivity contribution in [2.75, 3.05) is 20.2 Å². The smallest absolute Gasteiger partial charge is 0.255 e. The van der Waals surface area contributed by atoms with Crippen LogP contribution in [0.3, 0.4) is 0 Å². The Hall–Kier alpha value is -4.27. The molecule has 1 fully saturated rings. The molecule has 0 aliphatic carbocycles. The van der Waals surface area contributed by atoms with E-state index in [0.29, 0.717) is 41.8 Å². The zero-order valence-corrected chi connectivity index (χ0v) is 18.7. The van der Waals surface area contributed by atoms with Crippen molar-refractivity contribution in [3.05, 3.63) is 84.7 Å².